The zero-order valence-electron chi connectivity index (χ0n) is 15.5. The van der Waals surface area contributed by atoms with Gasteiger partial charge >= 0.3 is 12.0 Å². The van der Waals surface area contributed by atoms with Crippen LogP contribution < -0.4 is 10.6 Å². The molecule has 8 nitrogen and oxygen atoms in total. The molecule has 0 saturated carbocycles. The summed E-state index contributed by atoms with van der Waals surface area (Å²) in [4.78, 5) is 28.8. The van der Waals surface area contributed by atoms with E-state index in [0.717, 1.165) is 0 Å². The third kappa shape index (κ3) is 4.13. The van der Waals surface area contributed by atoms with E-state index in [1.165, 1.54) is 0 Å². The molecule has 0 spiro atoms. The third-order valence-corrected chi connectivity index (χ3v) is 4.87. The van der Waals surface area contributed by atoms with Crippen molar-refractivity contribution in [3.05, 3.63) is 45.3 Å². The highest BCUT2D eigenvalue weighted by molar-refractivity contribution is 6.42. The van der Waals surface area contributed by atoms with E-state index in [9.17, 15) is 9.59 Å². The van der Waals surface area contributed by atoms with Crippen LogP contribution in [0, 0.1) is 6.92 Å². The van der Waals surface area contributed by atoms with Crippen LogP contribution in [0.4, 0.5) is 4.79 Å². The Balaban J connectivity index is 2.04. The number of rotatable bonds is 5. The SMILES string of the molecule is CCOC(=O)C1=C(Cn2nc(C)nc2-c2ccc(Cl)c(Cl)c2)NC(=O)N[C@H]1C. The molecule has 10 heteroatoms. The highest BCUT2D eigenvalue weighted by atomic mass is 35.5. The van der Waals surface area contributed by atoms with Crippen LogP contribution in [-0.2, 0) is 16.1 Å². The van der Waals surface area contributed by atoms with Crippen molar-refractivity contribution in [2.45, 2.75) is 33.4 Å². The number of esters is 1. The molecule has 1 aliphatic rings. The molecule has 2 amide bonds. The Morgan fingerprint density at radius 2 is 2.07 bits per heavy atom. The minimum absolute atomic E-state index is 0.127. The minimum atomic E-state index is -0.499. The second kappa shape index (κ2) is 8.20. The predicted octanol–water partition coefficient (Wildman–Crippen LogP) is 3.08. The van der Waals surface area contributed by atoms with Crippen LogP contribution in [-0.4, -0.2) is 39.4 Å². The zero-order valence-corrected chi connectivity index (χ0v) is 17.1. The van der Waals surface area contributed by atoms with Crippen molar-refractivity contribution in [2.24, 2.45) is 0 Å². The number of aryl methyl sites for hydroxylation is 1. The Labute approximate surface area is 171 Å². The second-order valence-electron chi connectivity index (χ2n) is 6.20. The van der Waals surface area contributed by atoms with E-state index in [-0.39, 0.29) is 13.2 Å². The van der Waals surface area contributed by atoms with E-state index in [4.69, 9.17) is 27.9 Å². The first-order valence-corrected chi connectivity index (χ1v) is 9.40. The molecule has 1 aromatic heterocycles. The normalized spacial score (nSPS) is 16.6. The summed E-state index contributed by atoms with van der Waals surface area (Å²) in [6, 6.07) is 4.24. The molecular formula is C18H19Cl2N5O3. The average Bonchev–Trinajstić information content (AvgIpc) is 2.97. The molecule has 2 N–H and O–H groups in total. The van der Waals surface area contributed by atoms with Gasteiger partial charge in [0.05, 0.1) is 40.5 Å². The first-order chi connectivity index (χ1) is 13.3. The summed E-state index contributed by atoms with van der Waals surface area (Å²) >= 11 is 12.1. The molecule has 0 saturated heterocycles. The lowest BCUT2D eigenvalue weighted by atomic mass is 10.0. The van der Waals surface area contributed by atoms with Gasteiger partial charge in [0.1, 0.15) is 5.82 Å². The number of ether oxygens (including phenoxy) is 1. The minimum Gasteiger partial charge on any atom is -0.463 e. The molecule has 148 valence electrons. The number of amides is 2. The molecule has 1 aliphatic heterocycles. The van der Waals surface area contributed by atoms with E-state index in [1.54, 1.807) is 43.7 Å². The Morgan fingerprint density at radius 3 is 2.75 bits per heavy atom. The number of allylic oxidation sites excluding steroid dienone is 1. The van der Waals surface area contributed by atoms with Gasteiger partial charge in [0, 0.05) is 5.56 Å². The standard InChI is InChI=1S/C18H19Cl2N5O3/c1-4-28-17(26)15-9(2)21-18(27)23-14(15)8-25-16(22-10(3)24-25)11-5-6-12(19)13(20)7-11/h5-7,9H,4,8H2,1-3H3,(H2,21,23,27)/t9-/m0/s1. The van der Waals surface area contributed by atoms with E-state index >= 15 is 0 Å². The van der Waals surface area contributed by atoms with Crippen LogP contribution in [0.15, 0.2) is 29.5 Å². The number of nitrogens with zero attached hydrogens (tertiary/aromatic N) is 3. The number of carbonyl (C=O) groups excluding carboxylic acids is 2. The van der Waals surface area contributed by atoms with Gasteiger partial charge in [0.25, 0.3) is 0 Å². The van der Waals surface area contributed by atoms with Gasteiger partial charge in [-0.05, 0) is 39.0 Å². The van der Waals surface area contributed by atoms with Gasteiger partial charge in [-0.1, -0.05) is 23.2 Å². The molecule has 1 aromatic carbocycles. The van der Waals surface area contributed by atoms with Gasteiger partial charge in [-0.2, -0.15) is 5.10 Å². The fraction of sp³-hybridized carbons (Fsp3) is 0.333. The van der Waals surface area contributed by atoms with Crippen molar-refractivity contribution < 1.29 is 14.3 Å². The van der Waals surface area contributed by atoms with Gasteiger partial charge in [0.15, 0.2) is 5.82 Å². The summed E-state index contributed by atoms with van der Waals surface area (Å²) in [5.41, 5.74) is 1.46. The molecule has 0 fully saturated rings. The van der Waals surface area contributed by atoms with Gasteiger partial charge in [0.2, 0.25) is 0 Å². The fourth-order valence-electron chi connectivity index (χ4n) is 2.97. The maximum Gasteiger partial charge on any atom is 0.337 e. The topological polar surface area (TPSA) is 98.1 Å². The van der Waals surface area contributed by atoms with Crippen molar-refractivity contribution in [1.29, 1.82) is 0 Å². The number of hydrogen-bond acceptors (Lipinski definition) is 5. The van der Waals surface area contributed by atoms with Crippen LogP contribution in [0.25, 0.3) is 11.4 Å². The van der Waals surface area contributed by atoms with E-state index < -0.39 is 18.0 Å². The van der Waals surface area contributed by atoms with E-state index in [2.05, 4.69) is 20.7 Å². The quantitative estimate of drug-likeness (QED) is 0.719. The number of hydrogen-bond donors (Lipinski definition) is 2. The molecule has 0 aliphatic carbocycles. The summed E-state index contributed by atoms with van der Waals surface area (Å²) in [5, 5.41) is 10.6. The summed E-state index contributed by atoms with van der Waals surface area (Å²) in [6.07, 6.45) is 0. The van der Waals surface area contributed by atoms with Crippen LogP contribution in [0.1, 0.15) is 19.7 Å². The van der Waals surface area contributed by atoms with Crippen LogP contribution in [0.2, 0.25) is 10.0 Å². The van der Waals surface area contributed by atoms with Gasteiger partial charge in [-0.15, -0.1) is 0 Å². The molecule has 3 rings (SSSR count). The van der Waals surface area contributed by atoms with Crippen LogP contribution in [0.5, 0.6) is 0 Å². The summed E-state index contributed by atoms with van der Waals surface area (Å²) in [7, 11) is 0. The van der Waals surface area contributed by atoms with E-state index in [1.807, 2.05) is 0 Å². The number of carbonyl (C=O) groups is 2. The van der Waals surface area contributed by atoms with Crippen molar-refractivity contribution >= 4 is 35.2 Å². The number of benzene rings is 1. The Bertz CT molecular complexity index is 970. The third-order valence-electron chi connectivity index (χ3n) is 4.13. The molecule has 2 heterocycles. The van der Waals surface area contributed by atoms with Crippen molar-refractivity contribution in [1.82, 2.24) is 25.4 Å². The number of aromatic nitrogens is 3. The Hall–Kier alpha value is -2.58. The van der Waals surface area contributed by atoms with Crippen LogP contribution in [0.3, 0.4) is 0 Å². The molecular weight excluding hydrogens is 405 g/mol. The van der Waals surface area contributed by atoms with Crippen molar-refractivity contribution in [2.75, 3.05) is 6.61 Å². The molecule has 0 unspecified atom stereocenters. The first kappa shape index (κ1) is 20.2. The molecule has 0 bridgehead atoms. The lowest BCUT2D eigenvalue weighted by Crippen LogP contribution is -2.50. The first-order valence-electron chi connectivity index (χ1n) is 8.64. The lowest BCUT2D eigenvalue weighted by Gasteiger charge is -2.26. The largest absolute Gasteiger partial charge is 0.463 e. The Morgan fingerprint density at radius 1 is 1.32 bits per heavy atom. The lowest BCUT2D eigenvalue weighted by molar-refractivity contribution is -0.139. The smallest absolute Gasteiger partial charge is 0.337 e. The highest BCUT2D eigenvalue weighted by Crippen LogP contribution is 2.28. The fourth-order valence-corrected chi connectivity index (χ4v) is 3.27. The van der Waals surface area contributed by atoms with Gasteiger partial charge in [-0.25, -0.2) is 19.3 Å². The number of nitrogens with one attached hydrogen (secondary N) is 2. The molecule has 0 radical (unpaired) electrons. The molecule has 1 atom stereocenters. The highest BCUT2D eigenvalue weighted by Gasteiger charge is 2.30. The van der Waals surface area contributed by atoms with Gasteiger partial charge < -0.3 is 15.4 Å². The Kier molecular flexibility index (Phi) is 5.90. The monoisotopic (exact) mass is 423 g/mol. The number of urea groups is 1. The van der Waals surface area contributed by atoms with Crippen LogP contribution >= 0.6 is 23.2 Å². The zero-order chi connectivity index (χ0) is 20.4. The number of halogens is 2. The maximum absolute atomic E-state index is 12.4. The summed E-state index contributed by atoms with van der Waals surface area (Å²) in [5.74, 6) is 0.574. The maximum atomic E-state index is 12.4. The molecule has 28 heavy (non-hydrogen) atoms. The van der Waals surface area contributed by atoms with Crippen molar-refractivity contribution in [3.63, 3.8) is 0 Å². The van der Waals surface area contributed by atoms with Crippen molar-refractivity contribution in [3.8, 4) is 11.4 Å². The second-order valence-corrected chi connectivity index (χ2v) is 7.02. The summed E-state index contributed by atoms with van der Waals surface area (Å²) < 4.78 is 6.74. The van der Waals surface area contributed by atoms with Gasteiger partial charge in [-0.3, -0.25) is 0 Å². The average molecular weight is 424 g/mol. The molecule has 2 aromatic rings. The predicted molar refractivity (Wildman–Crippen MR) is 105 cm³/mol. The summed E-state index contributed by atoms with van der Waals surface area (Å²) in [6.45, 7) is 5.55. The van der Waals surface area contributed by atoms with E-state index in [0.29, 0.717) is 38.5 Å².